The summed E-state index contributed by atoms with van der Waals surface area (Å²) in [4.78, 5) is 39.8. The number of rotatable bonds is 3. The van der Waals surface area contributed by atoms with Crippen LogP contribution in [0.25, 0.3) is 5.82 Å². The Bertz CT molecular complexity index is 800. The van der Waals surface area contributed by atoms with Gasteiger partial charge in [0.15, 0.2) is 0 Å². The van der Waals surface area contributed by atoms with Crippen molar-refractivity contribution < 1.29 is 9.90 Å². The first-order valence-corrected chi connectivity index (χ1v) is 6.37. The van der Waals surface area contributed by atoms with Crippen LogP contribution in [0.4, 0.5) is 0 Å². The van der Waals surface area contributed by atoms with E-state index < -0.39 is 22.8 Å². The Morgan fingerprint density at radius 2 is 1.95 bits per heavy atom. The summed E-state index contributed by atoms with van der Waals surface area (Å²) in [6, 6.07) is 2.92. The first kappa shape index (κ1) is 14.7. The Labute approximate surface area is 120 Å². The van der Waals surface area contributed by atoms with Crippen molar-refractivity contribution >= 4 is 5.97 Å². The second-order valence-corrected chi connectivity index (χ2v) is 4.97. The number of hydrogen-bond acceptors (Lipinski definition) is 4. The van der Waals surface area contributed by atoms with E-state index in [-0.39, 0.29) is 11.9 Å². The molecule has 2 aromatic rings. The van der Waals surface area contributed by atoms with Gasteiger partial charge in [0.25, 0.3) is 5.56 Å². The van der Waals surface area contributed by atoms with Gasteiger partial charge >= 0.3 is 11.7 Å². The molecule has 0 aliphatic rings. The summed E-state index contributed by atoms with van der Waals surface area (Å²) in [5.74, 6) is -1.27. The molecular weight excluding hydrogens is 274 g/mol. The van der Waals surface area contributed by atoms with Crippen LogP contribution in [0.1, 0.15) is 35.8 Å². The van der Waals surface area contributed by atoms with E-state index in [1.54, 1.807) is 19.9 Å². The zero-order chi connectivity index (χ0) is 15.7. The second kappa shape index (κ2) is 5.35. The third-order valence-corrected chi connectivity index (χ3v) is 3.03. The first-order valence-electron chi connectivity index (χ1n) is 6.37. The van der Waals surface area contributed by atoms with Crippen molar-refractivity contribution in [2.45, 2.75) is 26.8 Å². The summed E-state index contributed by atoms with van der Waals surface area (Å²) < 4.78 is 1.98. The van der Waals surface area contributed by atoms with E-state index in [9.17, 15) is 14.4 Å². The predicted octanol–water partition coefficient (Wildman–Crippen LogP) is 0.982. The molecule has 0 aliphatic carbocycles. The Balaban J connectivity index is 2.87. The first-order chi connectivity index (χ1) is 9.82. The van der Waals surface area contributed by atoms with Gasteiger partial charge in [0.1, 0.15) is 11.4 Å². The van der Waals surface area contributed by atoms with Crippen molar-refractivity contribution in [3.05, 3.63) is 56.5 Å². The summed E-state index contributed by atoms with van der Waals surface area (Å²) >= 11 is 0. The Kier molecular flexibility index (Phi) is 3.75. The number of hydrogen-bond donors (Lipinski definition) is 1. The fourth-order valence-electron chi connectivity index (χ4n) is 1.88. The van der Waals surface area contributed by atoms with Crippen LogP contribution in [0.2, 0.25) is 0 Å². The van der Waals surface area contributed by atoms with Crippen LogP contribution in [-0.2, 0) is 0 Å². The van der Waals surface area contributed by atoms with Crippen molar-refractivity contribution in [2.75, 3.05) is 0 Å². The lowest BCUT2D eigenvalue weighted by Gasteiger charge is -2.13. The van der Waals surface area contributed by atoms with Crippen LogP contribution in [0.5, 0.6) is 0 Å². The van der Waals surface area contributed by atoms with Crippen LogP contribution >= 0.6 is 0 Å². The molecule has 1 N–H and O–H groups in total. The second-order valence-electron chi connectivity index (χ2n) is 4.97. The molecule has 0 bridgehead atoms. The highest BCUT2D eigenvalue weighted by molar-refractivity contribution is 5.86. The van der Waals surface area contributed by atoms with E-state index in [1.807, 2.05) is 6.92 Å². The van der Waals surface area contributed by atoms with E-state index in [2.05, 4.69) is 4.98 Å². The molecule has 2 rings (SSSR count). The lowest BCUT2D eigenvalue weighted by molar-refractivity contribution is 0.0693. The molecule has 0 unspecified atom stereocenters. The van der Waals surface area contributed by atoms with Crippen LogP contribution in [0, 0.1) is 6.92 Å². The molecule has 0 aliphatic heterocycles. The monoisotopic (exact) mass is 289 g/mol. The molecule has 0 amide bonds. The quantitative estimate of drug-likeness (QED) is 0.909. The average Bonchev–Trinajstić information content (AvgIpc) is 2.40. The molecule has 0 atom stereocenters. The van der Waals surface area contributed by atoms with E-state index >= 15 is 0 Å². The molecule has 110 valence electrons. The minimum Gasteiger partial charge on any atom is -0.477 e. The molecule has 0 saturated heterocycles. The number of carboxylic acids is 1. The number of aryl methyl sites for hydroxylation is 1. The minimum absolute atomic E-state index is 0.105. The van der Waals surface area contributed by atoms with E-state index in [4.69, 9.17) is 5.11 Å². The molecule has 2 aromatic heterocycles. The predicted molar refractivity (Wildman–Crippen MR) is 76.2 cm³/mol. The fraction of sp³-hybridized carbons (Fsp3) is 0.286. The third kappa shape index (κ3) is 2.62. The summed E-state index contributed by atoms with van der Waals surface area (Å²) in [5, 5.41) is 9.13. The average molecular weight is 289 g/mol. The Morgan fingerprint density at radius 1 is 1.29 bits per heavy atom. The van der Waals surface area contributed by atoms with Gasteiger partial charge in [0.2, 0.25) is 0 Å². The standard InChI is InChI=1S/C14H15N3O4/c1-8(2)16-7-10(13(19)20)12(18)17(14(16)21)11-5-4-9(3)6-15-11/h4-8H,1-3H3,(H,19,20). The van der Waals surface area contributed by atoms with E-state index in [1.165, 1.54) is 16.8 Å². The fourth-order valence-corrected chi connectivity index (χ4v) is 1.88. The van der Waals surface area contributed by atoms with Gasteiger partial charge in [-0.15, -0.1) is 0 Å². The van der Waals surface area contributed by atoms with Crippen molar-refractivity contribution in [1.29, 1.82) is 0 Å². The summed E-state index contributed by atoms with van der Waals surface area (Å²) in [7, 11) is 0. The van der Waals surface area contributed by atoms with Crippen LogP contribution in [0.3, 0.4) is 0 Å². The number of carboxylic acid groups (broad SMARTS) is 1. The molecule has 0 fully saturated rings. The number of aromatic carboxylic acids is 1. The molecular formula is C14H15N3O4. The molecule has 7 nitrogen and oxygen atoms in total. The highest BCUT2D eigenvalue weighted by atomic mass is 16.4. The normalized spacial score (nSPS) is 10.9. The maximum Gasteiger partial charge on any atom is 0.342 e. The van der Waals surface area contributed by atoms with Gasteiger partial charge in [0, 0.05) is 18.4 Å². The maximum atomic E-state index is 12.4. The van der Waals surface area contributed by atoms with Gasteiger partial charge in [0.05, 0.1) is 0 Å². The van der Waals surface area contributed by atoms with E-state index in [0.717, 1.165) is 16.3 Å². The minimum atomic E-state index is -1.38. The number of aromatic nitrogens is 3. The smallest absolute Gasteiger partial charge is 0.342 e. The highest BCUT2D eigenvalue weighted by Crippen LogP contribution is 2.04. The molecule has 7 heteroatoms. The third-order valence-electron chi connectivity index (χ3n) is 3.03. The largest absolute Gasteiger partial charge is 0.477 e. The van der Waals surface area contributed by atoms with Crippen molar-refractivity contribution in [2.24, 2.45) is 0 Å². The molecule has 21 heavy (non-hydrogen) atoms. The van der Waals surface area contributed by atoms with E-state index in [0.29, 0.717) is 0 Å². The van der Waals surface area contributed by atoms with Crippen molar-refractivity contribution in [1.82, 2.24) is 14.1 Å². The Hall–Kier alpha value is -2.70. The SMILES string of the molecule is Cc1ccc(-n2c(=O)c(C(=O)O)cn(C(C)C)c2=O)nc1. The zero-order valence-electron chi connectivity index (χ0n) is 11.9. The lowest BCUT2D eigenvalue weighted by Crippen LogP contribution is -2.42. The lowest BCUT2D eigenvalue weighted by atomic mass is 10.3. The molecule has 0 spiro atoms. The molecule has 0 saturated carbocycles. The van der Waals surface area contributed by atoms with Gasteiger partial charge in [-0.05, 0) is 32.4 Å². The van der Waals surface area contributed by atoms with Crippen molar-refractivity contribution in [3.8, 4) is 5.82 Å². The molecule has 0 radical (unpaired) electrons. The maximum absolute atomic E-state index is 12.4. The topological polar surface area (TPSA) is 94.2 Å². The molecule has 0 aromatic carbocycles. The Morgan fingerprint density at radius 3 is 2.43 bits per heavy atom. The van der Waals surface area contributed by atoms with Crippen LogP contribution < -0.4 is 11.2 Å². The van der Waals surface area contributed by atoms with Crippen molar-refractivity contribution in [3.63, 3.8) is 0 Å². The molecule has 2 heterocycles. The summed E-state index contributed by atoms with van der Waals surface area (Å²) in [5.41, 5.74) is -1.10. The zero-order valence-corrected chi connectivity index (χ0v) is 11.9. The van der Waals surface area contributed by atoms with Gasteiger partial charge in [-0.1, -0.05) is 6.07 Å². The summed E-state index contributed by atoms with van der Waals surface area (Å²) in [6.07, 6.45) is 2.58. The van der Waals surface area contributed by atoms with Gasteiger partial charge < -0.3 is 5.11 Å². The number of nitrogens with zero attached hydrogens (tertiary/aromatic N) is 3. The highest BCUT2D eigenvalue weighted by Gasteiger charge is 2.19. The van der Waals surface area contributed by atoms with Gasteiger partial charge in [-0.2, -0.15) is 0 Å². The number of pyridine rings is 1. The number of carbonyl (C=O) groups is 1. The van der Waals surface area contributed by atoms with Gasteiger partial charge in [-0.3, -0.25) is 9.36 Å². The van der Waals surface area contributed by atoms with Crippen LogP contribution in [-0.4, -0.2) is 25.2 Å². The van der Waals surface area contributed by atoms with Crippen LogP contribution in [0.15, 0.2) is 34.1 Å². The summed E-state index contributed by atoms with van der Waals surface area (Å²) in [6.45, 7) is 5.27. The van der Waals surface area contributed by atoms with Gasteiger partial charge in [-0.25, -0.2) is 19.1 Å².